The highest BCUT2D eigenvalue weighted by Gasteiger charge is 2.35. The van der Waals surface area contributed by atoms with E-state index in [4.69, 9.17) is 14.6 Å². The summed E-state index contributed by atoms with van der Waals surface area (Å²) in [5.74, 6) is -2.14. The fraction of sp³-hybridized carbons (Fsp3) is 0.600. The molecule has 0 radical (unpaired) electrons. The Balaban J connectivity index is 2.22. The molecular formula is C10H13N3O6. The molecular weight excluding hydrogens is 258 g/mol. The standard InChI is InChI=1S/C10H13N3O6/c1-10(2)18-5-6(19-10)4-12-8(9(14)15)7(3-11-12)13(16)17/h3,6H,4-5H2,1-2H3,(H,14,15). The quantitative estimate of drug-likeness (QED) is 0.630. The third kappa shape index (κ3) is 2.71. The second kappa shape index (κ2) is 4.59. The third-order valence-corrected chi connectivity index (χ3v) is 2.66. The van der Waals surface area contributed by atoms with Crippen molar-refractivity contribution in [2.75, 3.05) is 6.61 Å². The van der Waals surface area contributed by atoms with Crippen LogP contribution < -0.4 is 0 Å². The van der Waals surface area contributed by atoms with Gasteiger partial charge in [0.25, 0.3) is 0 Å². The van der Waals surface area contributed by atoms with Crippen LogP contribution in [-0.4, -0.2) is 44.3 Å². The number of rotatable bonds is 4. The summed E-state index contributed by atoms with van der Waals surface area (Å²) in [6.45, 7) is 3.83. The van der Waals surface area contributed by atoms with E-state index in [0.29, 0.717) is 0 Å². The number of aromatic nitrogens is 2. The van der Waals surface area contributed by atoms with Gasteiger partial charge in [0.15, 0.2) is 5.79 Å². The number of carboxylic acid groups (broad SMARTS) is 1. The van der Waals surface area contributed by atoms with Crippen molar-refractivity contribution in [3.63, 3.8) is 0 Å². The highest BCUT2D eigenvalue weighted by molar-refractivity contribution is 5.90. The van der Waals surface area contributed by atoms with E-state index < -0.39 is 34.2 Å². The van der Waals surface area contributed by atoms with Crippen LogP contribution in [0.4, 0.5) is 5.69 Å². The summed E-state index contributed by atoms with van der Waals surface area (Å²) in [6.07, 6.45) is 0.525. The van der Waals surface area contributed by atoms with Crippen molar-refractivity contribution in [2.45, 2.75) is 32.3 Å². The van der Waals surface area contributed by atoms with Gasteiger partial charge in [0.05, 0.1) is 18.1 Å². The highest BCUT2D eigenvalue weighted by Crippen LogP contribution is 2.25. The molecule has 1 aromatic heterocycles. The van der Waals surface area contributed by atoms with Gasteiger partial charge >= 0.3 is 11.7 Å². The molecule has 0 saturated carbocycles. The van der Waals surface area contributed by atoms with Crippen molar-refractivity contribution in [1.82, 2.24) is 9.78 Å². The van der Waals surface area contributed by atoms with E-state index in [1.165, 1.54) is 0 Å². The maximum atomic E-state index is 11.1. The van der Waals surface area contributed by atoms with Crippen LogP contribution in [0.1, 0.15) is 24.3 Å². The molecule has 0 aromatic carbocycles. The van der Waals surface area contributed by atoms with Crippen LogP contribution in [0.25, 0.3) is 0 Å². The van der Waals surface area contributed by atoms with Gasteiger partial charge in [-0.05, 0) is 13.8 Å². The Labute approximate surface area is 107 Å². The Morgan fingerprint density at radius 3 is 2.89 bits per heavy atom. The largest absolute Gasteiger partial charge is 0.476 e. The van der Waals surface area contributed by atoms with Gasteiger partial charge in [-0.2, -0.15) is 5.10 Å². The molecule has 2 rings (SSSR count). The first-order valence-corrected chi connectivity index (χ1v) is 5.55. The van der Waals surface area contributed by atoms with Crippen molar-refractivity contribution in [1.29, 1.82) is 0 Å². The molecule has 1 N–H and O–H groups in total. The molecule has 9 nitrogen and oxygen atoms in total. The number of carboxylic acids is 1. The SMILES string of the molecule is CC1(C)OCC(Cn2ncc([N+](=O)[O-])c2C(=O)O)O1. The topological polar surface area (TPSA) is 117 Å². The summed E-state index contributed by atoms with van der Waals surface area (Å²) in [6, 6.07) is 0. The molecule has 1 aliphatic heterocycles. The molecule has 1 saturated heterocycles. The number of hydrogen-bond acceptors (Lipinski definition) is 6. The molecule has 0 spiro atoms. The molecule has 0 aliphatic carbocycles. The van der Waals surface area contributed by atoms with Gasteiger partial charge in [-0.25, -0.2) is 9.48 Å². The van der Waals surface area contributed by atoms with Gasteiger partial charge in [-0.15, -0.1) is 0 Å². The highest BCUT2D eigenvalue weighted by atomic mass is 16.7. The van der Waals surface area contributed by atoms with Crippen LogP contribution in [0.3, 0.4) is 0 Å². The number of nitro groups is 1. The minimum Gasteiger partial charge on any atom is -0.476 e. The Kier molecular flexibility index (Phi) is 3.25. The molecule has 1 aliphatic rings. The van der Waals surface area contributed by atoms with Gasteiger partial charge < -0.3 is 14.6 Å². The Hall–Kier alpha value is -2.00. The van der Waals surface area contributed by atoms with Gasteiger partial charge in [0, 0.05) is 0 Å². The molecule has 19 heavy (non-hydrogen) atoms. The Morgan fingerprint density at radius 2 is 2.42 bits per heavy atom. The number of carbonyl (C=O) groups is 1. The third-order valence-electron chi connectivity index (χ3n) is 2.66. The predicted molar refractivity (Wildman–Crippen MR) is 60.7 cm³/mol. The molecule has 9 heteroatoms. The van der Waals surface area contributed by atoms with Crippen LogP contribution >= 0.6 is 0 Å². The van der Waals surface area contributed by atoms with Crippen molar-refractivity contribution < 1.29 is 24.3 Å². The molecule has 1 aromatic rings. The zero-order chi connectivity index (χ0) is 14.2. The van der Waals surface area contributed by atoms with Crippen molar-refractivity contribution >= 4 is 11.7 Å². The summed E-state index contributed by atoms with van der Waals surface area (Å²) in [5, 5.41) is 23.5. The molecule has 2 heterocycles. The summed E-state index contributed by atoms with van der Waals surface area (Å²) in [5.41, 5.74) is -0.996. The van der Waals surface area contributed by atoms with Gasteiger partial charge in [-0.1, -0.05) is 0 Å². The fourth-order valence-electron chi connectivity index (χ4n) is 1.91. The Bertz CT molecular complexity index is 523. The lowest BCUT2D eigenvalue weighted by atomic mass is 10.3. The minimum atomic E-state index is -1.40. The van der Waals surface area contributed by atoms with Crippen molar-refractivity contribution in [3.8, 4) is 0 Å². The number of nitrogens with zero attached hydrogens (tertiary/aromatic N) is 3. The number of hydrogen-bond donors (Lipinski definition) is 1. The smallest absolute Gasteiger partial charge is 0.361 e. The monoisotopic (exact) mass is 271 g/mol. The lowest BCUT2D eigenvalue weighted by Gasteiger charge is -2.17. The molecule has 104 valence electrons. The first-order chi connectivity index (χ1) is 8.80. The lowest BCUT2D eigenvalue weighted by Crippen LogP contribution is -2.26. The summed E-state index contributed by atoms with van der Waals surface area (Å²) >= 11 is 0. The fourth-order valence-corrected chi connectivity index (χ4v) is 1.91. The van der Waals surface area contributed by atoms with Gasteiger partial charge in [0.1, 0.15) is 12.3 Å². The zero-order valence-electron chi connectivity index (χ0n) is 10.4. The molecule has 1 fully saturated rings. The Morgan fingerprint density at radius 1 is 1.74 bits per heavy atom. The minimum absolute atomic E-state index is 0.0822. The maximum absolute atomic E-state index is 11.1. The van der Waals surface area contributed by atoms with Crippen LogP contribution in [-0.2, 0) is 16.0 Å². The summed E-state index contributed by atoms with van der Waals surface area (Å²) in [4.78, 5) is 21.0. The van der Waals surface area contributed by atoms with E-state index >= 15 is 0 Å². The first-order valence-electron chi connectivity index (χ1n) is 5.55. The molecule has 1 atom stereocenters. The summed E-state index contributed by atoms with van der Waals surface area (Å²) < 4.78 is 11.9. The average molecular weight is 271 g/mol. The molecule has 1 unspecified atom stereocenters. The predicted octanol–water partition coefficient (Wildman–Crippen LogP) is 0.641. The first kappa shape index (κ1) is 13.4. The van der Waals surface area contributed by atoms with Crippen LogP contribution in [0.15, 0.2) is 6.20 Å². The second-order valence-electron chi connectivity index (χ2n) is 4.57. The number of ether oxygens (including phenoxy) is 2. The van der Waals surface area contributed by atoms with Gasteiger partial charge in [-0.3, -0.25) is 10.1 Å². The van der Waals surface area contributed by atoms with E-state index in [-0.39, 0.29) is 13.2 Å². The summed E-state index contributed by atoms with van der Waals surface area (Å²) in [7, 11) is 0. The van der Waals surface area contributed by atoms with Crippen LogP contribution in [0, 0.1) is 10.1 Å². The van der Waals surface area contributed by atoms with Crippen molar-refractivity contribution in [2.24, 2.45) is 0 Å². The van der Waals surface area contributed by atoms with E-state index in [2.05, 4.69) is 5.10 Å². The number of aromatic carboxylic acids is 1. The normalized spacial score (nSPS) is 21.5. The van der Waals surface area contributed by atoms with Crippen molar-refractivity contribution in [3.05, 3.63) is 22.0 Å². The van der Waals surface area contributed by atoms with E-state index in [1.807, 2.05) is 0 Å². The molecule has 0 amide bonds. The van der Waals surface area contributed by atoms with E-state index in [1.54, 1.807) is 13.8 Å². The zero-order valence-corrected chi connectivity index (χ0v) is 10.4. The van der Waals surface area contributed by atoms with Crippen LogP contribution in [0.5, 0.6) is 0 Å². The van der Waals surface area contributed by atoms with E-state index in [0.717, 1.165) is 10.9 Å². The van der Waals surface area contributed by atoms with Crippen LogP contribution in [0.2, 0.25) is 0 Å². The van der Waals surface area contributed by atoms with Gasteiger partial charge in [0.2, 0.25) is 5.69 Å². The second-order valence-corrected chi connectivity index (χ2v) is 4.57. The molecule has 0 bridgehead atoms. The lowest BCUT2D eigenvalue weighted by molar-refractivity contribution is -0.385. The average Bonchev–Trinajstić information content (AvgIpc) is 2.82. The maximum Gasteiger partial charge on any atom is 0.361 e. The van der Waals surface area contributed by atoms with E-state index in [9.17, 15) is 14.9 Å².